The highest BCUT2D eigenvalue weighted by Crippen LogP contribution is 2.28. The van der Waals surface area contributed by atoms with Gasteiger partial charge in [0.2, 0.25) is 0 Å². The first-order valence-corrected chi connectivity index (χ1v) is 11.1. The molecule has 0 fully saturated rings. The van der Waals surface area contributed by atoms with Gasteiger partial charge >= 0.3 is 6.18 Å². The van der Waals surface area contributed by atoms with Crippen LogP contribution in [0.25, 0.3) is 0 Å². The second-order valence-corrected chi connectivity index (χ2v) is 10.1. The Morgan fingerprint density at radius 2 is 1.50 bits per heavy atom. The van der Waals surface area contributed by atoms with Gasteiger partial charge in [-0.2, -0.15) is 18.3 Å². The predicted octanol–water partition coefficient (Wildman–Crippen LogP) is 4.57. The second-order valence-electron chi connectivity index (χ2n) is 8.09. The van der Waals surface area contributed by atoms with Crippen LogP contribution in [0.3, 0.4) is 0 Å². The minimum Gasteiger partial charge on any atom is -0.260 e. The summed E-state index contributed by atoms with van der Waals surface area (Å²) < 4.78 is 63.2. The standard InChI is InChI=1S/C21H22F3N3O2S/c1-20(2,3)15-7-5-14(6-8-15)19-25-13-18(21(22,23)24)26-27(19)16-9-11-17(12-10-16)30(4,28)29/h5-12H,13H2,1-4H3. The van der Waals surface area contributed by atoms with Crippen molar-refractivity contribution in [3.8, 4) is 0 Å². The molecule has 0 N–H and O–H groups in total. The number of amidine groups is 1. The van der Waals surface area contributed by atoms with E-state index in [1.807, 2.05) is 12.1 Å². The predicted molar refractivity (Wildman–Crippen MR) is 112 cm³/mol. The molecule has 2 aromatic rings. The summed E-state index contributed by atoms with van der Waals surface area (Å²) in [6.07, 6.45) is -3.55. The average Bonchev–Trinajstić information content (AvgIpc) is 2.66. The molecule has 0 atom stereocenters. The zero-order valence-corrected chi connectivity index (χ0v) is 17.8. The maximum atomic E-state index is 13.3. The molecule has 160 valence electrons. The number of rotatable bonds is 3. The third-order valence-electron chi connectivity index (χ3n) is 4.65. The minimum absolute atomic E-state index is 0.0660. The highest BCUT2D eigenvalue weighted by atomic mass is 32.2. The van der Waals surface area contributed by atoms with Crippen LogP contribution in [0.2, 0.25) is 0 Å². The first-order chi connectivity index (χ1) is 13.8. The van der Waals surface area contributed by atoms with Crippen LogP contribution < -0.4 is 5.01 Å². The Kier molecular flexibility index (Phi) is 5.53. The van der Waals surface area contributed by atoms with Crippen molar-refractivity contribution >= 4 is 27.1 Å². The maximum Gasteiger partial charge on any atom is 0.433 e. The second kappa shape index (κ2) is 7.54. The molecule has 0 bridgehead atoms. The maximum absolute atomic E-state index is 13.3. The molecular formula is C21H22F3N3O2S. The molecule has 1 aliphatic heterocycles. The Morgan fingerprint density at radius 1 is 0.933 bits per heavy atom. The normalized spacial score (nSPS) is 15.6. The van der Waals surface area contributed by atoms with Gasteiger partial charge in [0, 0.05) is 11.8 Å². The number of aliphatic imine (C=N–C) groups is 1. The molecule has 0 aliphatic carbocycles. The van der Waals surface area contributed by atoms with E-state index in [1.54, 1.807) is 12.1 Å². The summed E-state index contributed by atoms with van der Waals surface area (Å²) in [5.41, 5.74) is 0.869. The fraction of sp³-hybridized carbons (Fsp3) is 0.333. The van der Waals surface area contributed by atoms with Gasteiger partial charge in [0.05, 0.1) is 17.1 Å². The SMILES string of the molecule is CC(C)(C)c1ccc(C2=NCC(C(F)(F)F)=NN2c2ccc(S(C)(=O)=O)cc2)cc1. The molecule has 0 saturated carbocycles. The highest BCUT2D eigenvalue weighted by Gasteiger charge is 2.39. The molecule has 0 radical (unpaired) electrons. The molecule has 9 heteroatoms. The molecule has 0 aromatic heterocycles. The Hall–Kier alpha value is -2.68. The van der Waals surface area contributed by atoms with E-state index in [4.69, 9.17) is 0 Å². The van der Waals surface area contributed by atoms with Crippen LogP contribution in [0, 0.1) is 0 Å². The van der Waals surface area contributed by atoms with Crippen LogP contribution in [0.4, 0.5) is 18.9 Å². The van der Waals surface area contributed by atoms with E-state index in [9.17, 15) is 21.6 Å². The van der Waals surface area contributed by atoms with E-state index in [0.29, 0.717) is 5.56 Å². The molecule has 0 unspecified atom stereocenters. The third-order valence-corrected chi connectivity index (χ3v) is 5.77. The largest absolute Gasteiger partial charge is 0.433 e. The zero-order chi connectivity index (χ0) is 22.3. The van der Waals surface area contributed by atoms with Crippen molar-refractivity contribution in [1.82, 2.24) is 0 Å². The van der Waals surface area contributed by atoms with Gasteiger partial charge in [-0.05, 0) is 35.2 Å². The lowest BCUT2D eigenvalue weighted by Crippen LogP contribution is -2.38. The lowest BCUT2D eigenvalue weighted by Gasteiger charge is -2.27. The lowest BCUT2D eigenvalue weighted by molar-refractivity contribution is -0.0599. The van der Waals surface area contributed by atoms with Crippen molar-refractivity contribution < 1.29 is 21.6 Å². The molecule has 30 heavy (non-hydrogen) atoms. The number of anilines is 1. The summed E-state index contributed by atoms with van der Waals surface area (Å²) in [4.78, 5) is 4.21. The van der Waals surface area contributed by atoms with Gasteiger partial charge in [0.15, 0.2) is 21.4 Å². The van der Waals surface area contributed by atoms with Crippen molar-refractivity contribution in [2.24, 2.45) is 10.1 Å². The quantitative estimate of drug-likeness (QED) is 0.707. The van der Waals surface area contributed by atoms with Crippen molar-refractivity contribution in [3.63, 3.8) is 0 Å². The van der Waals surface area contributed by atoms with E-state index >= 15 is 0 Å². The van der Waals surface area contributed by atoms with Crippen molar-refractivity contribution in [3.05, 3.63) is 59.7 Å². The van der Waals surface area contributed by atoms with Crippen LogP contribution >= 0.6 is 0 Å². The molecule has 0 amide bonds. The number of hydrogen-bond acceptors (Lipinski definition) is 5. The molecule has 3 rings (SSSR count). The topological polar surface area (TPSA) is 62.1 Å². The van der Waals surface area contributed by atoms with Gasteiger partial charge in [-0.25, -0.2) is 13.4 Å². The number of hydrogen-bond donors (Lipinski definition) is 0. The fourth-order valence-electron chi connectivity index (χ4n) is 2.91. The number of halogens is 3. The van der Waals surface area contributed by atoms with Crippen molar-refractivity contribution in [2.45, 2.75) is 37.3 Å². The van der Waals surface area contributed by atoms with Crippen LogP contribution in [0.1, 0.15) is 31.9 Å². The summed E-state index contributed by atoms with van der Waals surface area (Å²) >= 11 is 0. The Bertz CT molecular complexity index is 1100. The molecule has 5 nitrogen and oxygen atoms in total. The molecule has 0 spiro atoms. The lowest BCUT2D eigenvalue weighted by atomic mass is 9.86. The van der Waals surface area contributed by atoms with Gasteiger partial charge in [0.25, 0.3) is 0 Å². The summed E-state index contributed by atoms with van der Waals surface area (Å²) in [6, 6.07) is 12.9. The zero-order valence-electron chi connectivity index (χ0n) is 17.0. The van der Waals surface area contributed by atoms with E-state index in [2.05, 4.69) is 30.9 Å². The number of hydrazone groups is 1. The van der Waals surface area contributed by atoms with Crippen LogP contribution in [-0.2, 0) is 15.3 Å². The van der Waals surface area contributed by atoms with Gasteiger partial charge in [-0.1, -0.05) is 45.0 Å². The summed E-state index contributed by atoms with van der Waals surface area (Å²) in [6.45, 7) is 5.61. The monoisotopic (exact) mass is 437 g/mol. The Morgan fingerprint density at radius 3 is 1.97 bits per heavy atom. The molecule has 0 saturated heterocycles. The molecule has 1 heterocycles. The Balaban J connectivity index is 2.05. The van der Waals surface area contributed by atoms with Crippen molar-refractivity contribution in [1.29, 1.82) is 0 Å². The number of benzene rings is 2. The van der Waals surface area contributed by atoms with Gasteiger partial charge < -0.3 is 0 Å². The van der Waals surface area contributed by atoms with E-state index < -0.39 is 28.3 Å². The summed E-state index contributed by atoms with van der Waals surface area (Å²) in [5, 5.41) is 4.89. The van der Waals surface area contributed by atoms with E-state index in [-0.39, 0.29) is 21.8 Å². The molecular weight excluding hydrogens is 415 g/mol. The van der Waals surface area contributed by atoms with Gasteiger partial charge in [-0.3, -0.25) is 4.99 Å². The number of sulfone groups is 1. The average molecular weight is 437 g/mol. The van der Waals surface area contributed by atoms with E-state index in [0.717, 1.165) is 16.8 Å². The number of alkyl halides is 3. The fourth-order valence-corrected chi connectivity index (χ4v) is 3.54. The smallest absolute Gasteiger partial charge is 0.260 e. The van der Waals surface area contributed by atoms with Gasteiger partial charge in [0.1, 0.15) is 0 Å². The Labute approximate surface area is 173 Å². The van der Waals surface area contributed by atoms with E-state index in [1.165, 1.54) is 24.3 Å². The minimum atomic E-state index is -4.62. The number of nitrogens with zero attached hydrogens (tertiary/aromatic N) is 3. The van der Waals surface area contributed by atoms with Crippen LogP contribution in [-0.4, -0.2) is 38.9 Å². The van der Waals surface area contributed by atoms with Crippen LogP contribution in [0.15, 0.2) is 63.5 Å². The van der Waals surface area contributed by atoms with Crippen LogP contribution in [0.5, 0.6) is 0 Å². The molecule has 2 aromatic carbocycles. The van der Waals surface area contributed by atoms with Gasteiger partial charge in [-0.15, -0.1) is 0 Å². The van der Waals surface area contributed by atoms with Crippen molar-refractivity contribution in [2.75, 3.05) is 17.8 Å². The highest BCUT2D eigenvalue weighted by molar-refractivity contribution is 7.90. The first kappa shape index (κ1) is 22.0. The molecule has 1 aliphatic rings. The first-order valence-electron chi connectivity index (χ1n) is 9.17. The third kappa shape index (κ3) is 4.72. The summed E-state index contributed by atoms with van der Waals surface area (Å²) in [7, 11) is -3.43. The summed E-state index contributed by atoms with van der Waals surface area (Å²) in [5.74, 6) is 0.260.